The number of hydrogen-bond acceptors (Lipinski definition) is 6. The number of hydrogen-bond donors (Lipinski definition) is 2. The molecule has 3 aromatic rings. The highest BCUT2D eigenvalue weighted by Crippen LogP contribution is 2.32. The lowest BCUT2D eigenvalue weighted by molar-refractivity contribution is -0.123. The van der Waals surface area contributed by atoms with Crippen molar-refractivity contribution in [2.75, 3.05) is 6.79 Å². The summed E-state index contributed by atoms with van der Waals surface area (Å²) in [7, 11) is 0. The first-order valence-corrected chi connectivity index (χ1v) is 11.8. The molecule has 2 N–H and O–H groups in total. The van der Waals surface area contributed by atoms with Crippen molar-refractivity contribution in [2.45, 2.75) is 26.5 Å². The molecule has 8 nitrogen and oxygen atoms in total. The van der Waals surface area contributed by atoms with Gasteiger partial charge in [-0.15, -0.1) is 0 Å². The van der Waals surface area contributed by atoms with Crippen LogP contribution in [-0.4, -0.2) is 30.9 Å². The lowest BCUT2D eigenvalue weighted by Gasteiger charge is -2.20. The number of carbonyl (C=O) groups is 2. The predicted octanol–water partition coefficient (Wildman–Crippen LogP) is 4.55. The molecule has 9 heteroatoms. The summed E-state index contributed by atoms with van der Waals surface area (Å²) in [4.78, 5) is 25.4. The molecule has 1 atom stereocenters. The van der Waals surface area contributed by atoms with E-state index in [9.17, 15) is 9.59 Å². The SMILES string of the molecule is CC(C)C(NC(=O)c1ccc2c(c1)OCO2)C(=O)NN=Cc1ccc(OCc2ccccc2Cl)cc1. The topological polar surface area (TPSA) is 98.2 Å². The van der Waals surface area contributed by atoms with E-state index in [-0.39, 0.29) is 12.7 Å². The molecule has 3 aromatic carbocycles. The number of carbonyl (C=O) groups excluding carboxylic acids is 2. The van der Waals surface area contributed by atoms with Crippen LogP contribution in [0.2, 0.25) is 5.02 Å². The molecule has 186 valence electrons. The van der Waals surface area contributed by atoms with Crippen LogP contribution in [-0.2, 0) is 11.4 Å². The fraction of sp³-hybridized carbons (Fsp3) is 0.222. The Morgan fingerprint density at radius 1 is 1.06 bits per heavy atom. The lowest BCUT2D eigenvalue weighted by Crippen LogP contribution is -2.48. The van der Waals surface area contributed by atoms with Gasteiger partial charge in [-0.25, -0.2) is 5.43 Å². The number of rotatable bonds is 9. The molecule has 0 bridgehead atoms. The Bertz CT molecular complexity index is 1260. The second kappa shape index (κ2) is 11.6. The van der Waals surface area contributed by atoms with Crippen LogP contribution in [0, 0.1) is 5.92 Å². The standard InChI is InChI=1S/C27H26ClN3O5/c1-17(2)25(30-26(32)19-9-12-23-24(13-19)36-16-35-23)27(33)31-29-14-18-7-10-21(11-8-18)34-15-20-5-3-4-6-22(20)28/h3-14,17,25H,15-16H2,1-2H3,(H,30,32)(H,31,33). The van der Waals surface area contributed by atoms with Gasteiger partial charge in [-0.2, -0.15) is 5.10 Å². The van der Waals surface area contributed by atoms with Gasteiger partial charge in [-0.05, 0) is 60.0 Å². The summed E-state index contributed by atoms with van der Waals surface area (Å²) >= 11 is 6.15. The summed E-state index contributed by atoms with van der Waals surface area (Å²) in [5.74, 6) is 0.792. The number of amides is 2. The Morgan fingerprint density at radius 2 is 1.81 bits per heavy atom. The Kier molecular flexibility index (Phi) is 8.07. The zero-order valence-electron chi connectivity index (χ0n) is 19.9. The number of ether oxygens (including phenoxy) is 3. The van der Waals surface area contributed by atoms with Gasteiger partial charge in [0.25, 0.3) is 11.8 Å². The van der Waals surface area contributed by atoms with Crippen molar-refractivity contribution in [1.82, 2.24) is 10.7 Å². The molecule has 0 radical (unpaired) electrons. The van der Waals surface area contributed by atoms with Crippen molar-refractivity contribution >= 4 is 29.6 Å². The fourth-order valence-electron chi connectivity index (χ4n) is 3.46. The zero-order valence-corrected chi connectivity index (χ0v) is 20.6. The highest BCUT2D eigenvalue weighted by molar-refractivity contribution is 6.31. The molecule has 1 aliphatic rings. The average molecular weight is 508 g/mol. The summed E-state index contributed by atoms with van der Waals surface area (Å²) in [6.45, 7) is 4.16. The van der Waals surface area contributed by atoms with E-state index in [4.69, 9.17) is 25.8 Å². The largest absolute Gasteiger partial charge is 0.489 e. The van der Waals surface area contributed by atoms with Gasteiger partial charge in [0.15, 0.2) is 11.5 Å². The molecule has 2 amide bonds. The maximum absolute atomic E-state index is 12.7. The van der Waals surface area contributed by atoms with Gasteiger partial charge in [0, 0.05) is 16.1 Å². The molecule has 1 unspecified atom stereocenters. The maximum Gasteiger partial charge on any atom is 0.262 e. The summed E-state index contributed by atoms with van der Waals surface area (Å²) in [5.41, 5.74) is 4.55. The molecule has 0 spiro atoms. The van der Waals surface area contributed by atoms with Crippen LogP contribution < -0.4 is 25.0 Å². The first kappa shape index (κ1) is 25.1. The number of halogens is 1. The molecule has 0 aliphatic carbocycles. The van der Waals surface area contributed by atoms with E-state index in [0.717, 1.165) is 11.1 Å². The highest BCUT2D eigenvalue weighted by Gasteiger charge is 2.25. The normalized spacial score (nSPS) is 13.0. The van der Waals surface area contributed by atoms with Crippen molar-refractivity contribution in [3.63, 3.8) is 0 Å². The number of fused-ring (bicyclic) bond motifs is 1. The Morgan fingerprint density at radius 3 is 2.56 bits per heavy atom. The second-order valence-corrected chi connectivity index (χ2v) is 8.85. The van der Waals surface area contributed by atoms with Crippen LogP contribution in [0.15, 0.2) is 71.8 Å². The van der Waals surface area contributed by atoms with E-state index in [2.05, 4.69) is 15.8 Å². The molecule has 36 heavy (non-hydrogen) atoms. The molecule has 1 heterocycles. The van der Waals surface area contributed by atoms with Crippen LogP contribution in [0.1, 0.15) is 35.3 Å². The van der Waals surface area contributed by atoms with Crippen LogP contribution in [0.25, 0.3) is 0 Å². The van der Waals surface area contributed by atoms with Crippen LogP contribution in [0.4, 0.5) is 0 Å². The van der Waals surface area contributed by atoms with Gasteiger partial charge >= 0.3 is 0 Å². The summed E-state index contributed by atoms with van der Waals surface area (Å²) in [6.07, 6.45) is 1.52. The van der Waals surface area contributed by atoms with Gasteiger partial charge in [0.2, 0.25) is 6.79 Å². The summed E-state index contributed by atoms with van der Waals surface area (Å²) in [5, 5.41) is 7.46. The molecule has 0 aromatic heterocycles. The molecule has 0 saturated carbocycles. The van der Waals surface area contributed by atoms with Crippen molar-refractivity contribution in [2.24, 2.45) is 11.0 Å². The van der Waals surface area contributed by atoms with Crippen molar-refractivity contribution in [1.29, 1.82) is 0 Å². The van der Waals surface area contributed by atoms with Gasteiger partial charge in [0.05, 0.1) is 6.21 Å². The smallest absolute Gasteiger partial charge is 0.262 e. The van der Waals surface area contributed by atoms with E-state index in [0.29, 0.717) is 34.4 Å². The van der Waals surface area contributed by atoms with Gasteiger partial charge in [-0.3, -0.25) is 9.59 Å². The summed E-state index contributed by atoms with van der Waals surface area (Å²) in [6, 6.07) is 18.9. The van der Waals surface area contributed by atoms with Crippen LogP contribution in [0.5, 0.6) is 17.2 Å². The van der Waals surface area contributed by atoms with Crippen molar-refractivity contribution in [3.8, 4) is 17.2 Å². The lowest BCUT2D eigenvalue weighted by atomic mass is 10.0. The van der Waals surface area contributed by atoms with Crippen LogP contribution >= 0.6 is 11.6 Å². The van der Waals surface area contributed by atoms with E-state index in [1.807, 2.05) is 62.4 Å². The zero-order chi connectivity index (χ0) is 25.5. The Hall–Kier alpha value is -4.04. The number of benzene rings is 3. The van der Waals surface area contributed by atoms with Crippen molar-refractivity contribution in [3.05, 3.63) is 88.4 Å². The minimum atomic E-state index is -0.777. The van der Waals surface area contributed by atoms with E-state index >= 15 is 0 Å². The van der Waals surface area contributed by atoms with E-state index in [1.54, 1.807) is 18.2 Å². The summed E-state index contributed by atoms with van der Waals surface area (Å²) < 4.78 is 16.4. The first-order chi connectivity index (χ1) is 17.4. The Balaban J connectivity index is 1.30. The highest BCUT2D eigenvalue weighted by atomic mass is 35.5. The third kappa shape index (κ3) is 6.34. The first-order valence-electron chi connectivity index (χ1n) is 11.4. The van der Waals surface area contributed by atoms with Gasteiger partial charge in [-0.1, -0.05) is 43.6 Å². The van der Waals surface area contributed by atoms with Gasteiger partial charge in [0.1, 0.15) is 18.4 Å². The third-order valence-corrected chi connectivity index (χ3v) is 5.86. The molecule has 4 rings (SSSR count). The predicted molar refractivity (Wildman–Crippen MR) is 137 cm³/mol. The molecular formula is C27H26ClN3O5. The van der Waals surface area contributed by atoms with Crippen molar-refractivity contribution < 1.29 is 23.8 Å². The minimum Gasteiger partial charge on any atom is -0.489 e. The number of nitrogens with zero attached hydrogens (tertiary/aromatic N) is 1. The van der Waals surface area contributed by atoms with E-state index < -0.39 is 17.9 Å². The molecular weight excluding hydrogens is 482 g/mol. The quantitative estimate of drug-likeness (QED) is 0.327. The van der Waals surface area contributed by atoms with E-state index in [1.165, 1.54) is 6.21 Å². The molecule has 0 saturated heterocycles. The molecule has 0 fully saturated rings. The maximum atomic E-state index is 12.7. The average Bonchev–Trinajstić information content (AvgIpc) is 3.35. The minimum absolute atomic E-state index is 0.119. The fourth-order valence-corrected chi connectivity index (χ4v) is 3.65. The monoisotopic (exact) mass is 507 g/mol. The van der Waals surface area contributed by atoms with Crippen LogP contribution in [0.3, 0.4) is 0 Å². The number of nitrogens with one attached hydrogen (secondary N) is 2. The molecule has 1 aliphatic heterocycles. The number of hydrazone groups is 1. The third-order valence-electron chi connectivity index (χ3n) is 5.49. The van der Waals surface area contributed by atoms with Gasteiger partial charge < -0.3 is 19.5 Å². The Labute approximate surface area is 214 Å². The second-order valence-electron chi connectivity index (χ2n) is 8.45.